The molecule has 0 radical (unpaired) electrons. The van der Waals surface area contributed by atoms with Gasteiger partial charge in [-0.05, 0) is 73.7 Å². The SMILES string of the molecule is CCOc1ccc(S(=O)(=O)Nc2ccc(C(=O)NNC(=O)c3cc(Cl)ccc3F)cc2)cc1. The molecule has 0 bridgehead atoms. The number of hydrazine groups is 1. The minimum atomic E-state index is -3.85. The Labute approximate surface area is 194 Å². The van der Waals surface area contributed by atoms with E-state index in [0.717, 1.165) is 12.1 Å². The first-order valence-corrected chi connectivity index (χ1v) is 11.5. The number of nitrogens with one attached hydrogen (secondary N) is 3. The predicted molar refractivity (Wildman–Crippen MR) is 121 cm³/mol. The second-order valence-corrected chi connectivity index (χ2v) is 8.74. The van der Waals surface area contributed by atoms with Gasteiger partial charge in [-0.25, -0.2) is 12.8 Å². The summed E-state index contributed by atoms with van der Waals surface area (Å²) < 4.78 is 46.5. The van der Waals surface area contributed by atoms with Crippen molar-refractivity contribution in [3.63, 3.8) is 0 Å². The van der Waals surface area contributed by atoms with Crippen LogP contribution >= 0.6 is 11.6 Å². The average Bonchev–Trinajstić information content (AvgIpc) is 2.79. The minimum absolute atomic E-state index is 0.0451. The van der Waals surface area contributed by atoms with Gasteiger partial charge >= 0.3 is 0 Å². The fraction of sp³-hybridized carbons (Fsp3) is 0.0909. The molecule has 11 heteroatoms. The summed E-state index contributed by atoms with van der Waals surface area (Å²) in [7, 11) is -3.85. The molecular weight excluding hydrogens is 473 g/mol. The fourth-order valence-electron chi connectivity index (χ4n) is 2.71. The number of amides is 2. The highest BCUT2D eigenvalue weighted by Gasteiger charge is 2.16. The highest BCUT2D eigenvalue weighted by atomic mass is 35.5. The zero-order valence-electron chi connectivity index (χ0n) is 17.3. The van der Waals surface area contributed by atoms with Gasteiger partial charge in [0, 0.05) is 16.3 Å². The number of carbonyl (C=O) groups excluding carboxylic acids is 2. The Balaban J connectivity index is 1.61. The van der Waals surface area contributed by atoms with Crippen molar-refractivity contribution in [3.8, 4) is 5.75 Å². The van der Waals surface area contributed by atoms with Crippen molar-refractivity contribution in [2.75, 3.05) is 11.3 Å². The van der Waals surface area contributed by atoms with Gasteiger partial charge in [0.15, 0.2) is 0 Å². The zero-order valence-corrected chi connectivity index (χ0v) is 18.8. The van der Waals surface area contributed by atoms with Crippen molar-refractivity contribution in [1.82, 2.24) is 10.9 Å². The smallest absolute Gasteiger partial charge is 0.272 e. The highest BCUT2D eigenvalue weighted by Crippen LogP contribution is 2.20. The summed E-state index contributed by atoms with van der Waals surface area (Å²) in [6.07, 6.45) is 0. The van der Waals surface area contributed by atoms with Gasteiger partial charge < -0.3 is 4.74 Å². The van der Waals surface area contributed by atoms with Crippen LogP contribution < -0.4 is 20.3 Å². The third kappa shape index (κ3) is 6.21. The van der Waals surface area contributed by atoms with Crippen LogP contribution in [-0.2, 0) is 10.0 Å². The molecule has 0 saturated heterocycles. The van der Waals surface area contributed by atoms with Crippen molar-refractivity contribution >= 4 is 39.1 Å². The molecule has 2 amide bonds. The lowest BCUT2D eigenvalue weighted by atomic mass is 10.2. The minimum Gasteiger partial charge on any atom is -0.494 e. The van der Waals surface area contributed by atoms with Crippen LogP contribution in [0.5, 0.6) is 5.75 Å². The molecule has 3 rings (SSSR count). The number of anilines is 1. The second-order valence-electron chi connectivity index (χ2n) is 6.62. The van der Waals surface area contributed by atoms with Crippen molar-refractivity contribution in [1.29, 1.82) is 0 Å². The molecule has 0 spiro atoms. The van der Waals surface area contributed by atoms with E-state index in [-0.39, 0.29) is 26.7 Å². The fourth-order valence-corrected chi connectivity index (χ4v) is 3.94. The molecule has 33 heavy (non-hydrogen) atoms. The van der Waals surface area contributed by atoms with E-state index >= 15 is 0 Å². The lowest BCUT2D eigenvalue weighted by molar-refractivity contribution is 0.0844. The molecule has 0 aliphatic carbocycles. The summed E-state index contributed by atoms with van der Waals surface area (Å²) in [5.41, 5.74) is 4.27. The van der Waals surface area contributed by atoms with E-state index in [1.165, 1.54) is 42.5 Å². The molecule has 8 nitrogen and oxygen atoms in total. The normalized spacial score (nSPS) is 10.9. The van der Waals surface area contributed by atoms with E-state index in [4.69, 9.17) is 16.3 Å². The quantitative estimate of drug-likeness (QED) is 0.435. The van der Waals surface area contributed by atoms with Gasteiger partial charge in [0.2, 0.25) is 0 Å². The molecule has 0 aromatic heterocycles. The van der Waals surface area contributed by atoms with Crippen LogP contribution in [0.15, 0.2) is 71.6 Å². The molecule has 0 atom stereocenters. The molecule has 172 valence electrons. The van der Waals surface area contributed by atoms with Gasteiger partial charge in [-0.2, -0.15) is 0 Å². The van der Waals surface area contributed by atoms with Crippen molar-refractivity contribution in [3.05, 3.63) is 88.7 Å². The maximum Gasteiger partial charge on any atom is 0.272 e. The van der Waals surface area contributed by atoms with Crippen molar-refractivity contribution in [2.24, 2.45) is 0 Å². The van der Waals surface area contributed by atoms with Gasteiger partial charge in [-0.3, -0.25) is 25.2 Å². The Kier molecular flexibility index (Phi) is 7.52. The maximum absolute atomic E-state index is 13.7. The summed E-state index contributed by atoms with van der Waals surface area (Å²) in [6.45, 7) is 2.29. The Bertz CT molecular complexity index is 1270. The number of carbonyl (C=O) groups is 2. The van der Waals surface area contributed by atoms with Crippen molar-refractivity contribution < 1.29 is 27.1 Å². The Morgan fingerprint density at radius 3 is 2.21 bits per heavy atom. The first-order valence-electron chi connectivity index (χ1n) is 9.61. The summed E-state index contributed by atoms with van der Waals surface area (Å²) in [6, 6.07) is 14.9. The predicted octanol–water partition coefficient (Wildman–Crippen LogP) is 3.75. The molecule has 3 aromatic carbocycles. The van der Waals surface area contributed by atoms with Crippen LogP contribution in [0.25, 0.3) is 0 Å². The van der Waals surface area contributed by atoms with Gasteiger partial charge in [-0.1, -0.05) is 11.6 Å². The van der Waals surface area contributed by atoms with E-state index < -0.39 is 27.7 Å². The Morgan fingerprint density at radius 2 is 1.58 bits per heavy atom. The van der Waals surface area contributed by atoms with Gasteiger partial charge in [0.05, 0.1) is 17.1 Å². The summed E-state index contributed by atoms with van der Waals surface area (Å²) in [4.78, 5) is 24.3. The summed E-state index contributed by atoms with van der Waals surface area (Å²) >= 11 is 5.75. The molecule has 0 heterocycles. The van der Waals surface area contributed by atoms with E-state index in [0.29, 0.717) is 12.4 Å². The lowest BCUT2D eigenvalue weighted by Gasteiger charge is -2.11. The molecular formula is C22H19ClFN3O5S. The van der Waals surface area contributed by atoms with Gasteiger partial charge in [0.25, 0.3) is 21.8 Å². The topological polar surface area (TPSA) is 114 Å². The van der Waals surface area contributed by atoms with E-state index in [2.05, 4.69) is 15.6 Å². The first kappa shape index (κ1) is 24.0. The standard InChI is InChI=1S/C22H19ClFN3O5S/c1-2-32-17-8-10-18(11-9-17)33(30,31)27-16-6-3-14(4-7-16)21(28)25-26-22(29)19-13-15(23)5-12-20(19)24/h3-13,27H,2H2,1H3,(H,25,28)(H,26,29). The molecule has 3 N–H and O–H groups in total. The van der Waals surface area contributed by atoms with Crippen LogP contribution in [-0.4, -0.2) is 26.8 Å². The molecule has 0 unspecified atom stereocenters. The van der Waals surface area contributed by atoms with Crippen LogP contribution in [0, 0.1) is 5.82 Å². The number of hydrogen-bond donors (Lipinski definition) is 3. The molecule has 0 aliphatic heterocycles. The number of halogens is 2. The number of ether oxygens (including phenoxy) is 1. The van der Waals surface area contributed by atoms with Crippen LogP contribution in [0.4, 0.5) is 10.1 Å². The first-order chi connectivity index (χ1) is 15.7. The molecule has 0 saturated carbocycles. The highest BCUT2D eigenvalue weighted by molar-refractivity contribution is 7.92. The summed E-state index contributed by atoms with van der Waals surface area (Å²) in [5, 5.41) is 0.163. The monoisotopic (exact) mass is 491 g/mol. The Hall–Kier alpha value is -3.63. The molecule has 3 aromatic rings. The number of sulfonamides is 1. The second kappa shape index (κ2) is 10.3. The number of hydrogen-bond acceptors (Lipinski definition) is 5. The van der Waals surface area contributed by atoms with Gasteiger partial charge in [-0.15, -0.1) is 0 Å². The number of benzene rings is 3. The molecule has 0 aliphatic rings. The van der Waals surface area contributed by atoms with Gasteiger partial charge in [0.1, 0.15) is 11.6 Å². The Morgan fingerprint density at radius 1 is 0.939 bits per heavy atom. The van der Waals surface area contributed by atoms with Crippen LogP contribution in [0.1, 0.15) is 27.6 Å². The lowest BCUT2D eigenvalue weighted by Crippen LogP contribution is -2.41. The van der Waals surface area contributed by atoms with Crippen LogP contribution in [0.3, 0.4) is 0 Å². The van der Waals surface area contributed by atoms with E-state index in [1.54, 1.807) is 12.1 Å². The van der Waals surface area contributed by atoms with E-state index in [1.807, 2.05) is 6.92 Å². The zero-order chi connectivity index (χ0) is 24.0. The third-order valence-corrected chi connectivity index (χ3v) is 5.94. The maximum atomic E-state index is 13.7. The largest absolute Gasteiger partial charge is 0.494 e. The number of rotatable bonds is 7. The third-order valence-electron chi connectivity index (χ3n) is 4.31. The molecule has 0 fully saturated rings. The van der Waals surface area contributed by atoms with Crippen molar-refractivity contribution in [2.45, 2.75) is 11.8 Å². The van der Waals surface area contributed by atoms with E-state index in [9.17, 15) is 22.4 Å². The summed E-state index contributed by atoms with van der Waals surface area (Å²) in [5.74, 6) is -1.82. The van der Waals surface area contributed by atoms with Crippen LogP contribution in [0.2, 0.25) is 5.02 Å². The average molecular weight is 492 g/mol.